The molecule has 0 aromatic carbocycles. The average molecular weight is 373 g/mol. The summed E-state index contributed by atoms with van der Waals surface area (Å²) in [7, 11) is 0. The molecule has 0 aromatic rings. The Kier molecular flexibility index (Phi) is 3.76. The topological polar surface area (TPSA) is 20.2 Å². The molecule has 0 aliphatic heterocycles. The van der Waals surface area contributed by atoms with Crippen LogP contribution >= 0.6 is 0 Å². The summed E-state index contributed by atoms with van der Waals surface area (Å²) in [5.41, 5.74) is 1.27. The molecule has 27 heavy (non-hydrogen) atoms. The van der Waals surface area contributed by atoms with Crippen LogP contribution in [0.3, 0.4) is 0 Å². The lowest BCUT2D eigenvalue weighted by Gasteiger charge is -2.56. The molecule has 4 bridgehead atoms. The van der Waals surface area contributed by atoms with E-state index >= 15 is 0 Å². The Morgan fingerprint density at radius 3 is 1.70 bits per heavy atom. The standard InChI is InChI=1S/C26H44O/c1-22(2)17-10-13-24(22,5)20(15-17)19-9-7-8-12-26(19,27)21-16-18-11-14-25(21,6)23(18,3)4/h17-21,27H,7-16H2,1-6H3. The summed E-state index contributed by atoms with van der Waals surface area (Å²) in [6.07, 6.45) is 13.2. The van der Waals surface area contributed by atoms with Crippen LogP contribution in [0.25, 0.3) is 0 Å². The van der Waals surface area contributed by atoms with E-state index in [0.717, 1.165) is 24.2 Å². The van der Waals surface area contributed by atoms with Gasteiger partial charge in [-0.25, -0.2) is 0 Å². The Hall–Kier alpha value is -0.0400. The fourth-order valence-electron chi connectivity index (χ4n) is 10.0. The molecule has 5 fully saturated rings. The van der Waals surface area contributed by atoms with Gasteiger partial charge in [0.2, 0.25) is 0 Å². The highest BCUT2D eigenvalue weighted by Crippen LogP contribution is 2.75. The van der Waals surface area contributed by atoms with Gasteiger partial charge in [-0.05, 0) is 103 Å². The van der Waals surface area contributed by atoms with Gasteiger partial charge in [0.1, 0.15) is 0 Å². The van der Waals surface area contributed by atoms with Gasteiger partial charge in [0.15, 0.2) is 0 Å². The second kappa shape index (κ2) is 5.35. The molecule has 5 saturated carbocycles. The first-order chi connectivity index (χ1) is 12.5. The van der Waals surface area contributed by atoms with E-state index in [1.807, 2.05) is 0 Å². The number of hydrogen-bond donors (Lipinski definition) is 1. The van der Waals surface area contributed by atoms with E-state index in [2.05, 4.69) is 41.5 Å². The Morgan fingerprint density at radius 1 is 0.630 bits per heavy atom. The molecule has 8 unspecified atom stereocenters. The second-order valence-corrected chi connectivity index (χ2v) is 13.2. The van der Waals surface area contributed by atoms with Gasteiger partial charge in [-0.2, -0.15) is 0 Å². The van der Waals surface area contributed by atoms with E-state index in [4.69, 9.17) is 0 Å². The van der Waals surface area contributed by atoms with E-state index < -0.39 is 5.60 Å². The molecule has 5 aliphatic rings. The van der Waals surface area contributed by atoms with Gasteiger partial charge in [-0.15, -0.1) is 0 Å². The number of rotatable bonds is 2. The molecule has 0 heterocycles. The molecular weight excluding hydrogens is 328 g/mol. The third-order valence-electron chi connectivity index (χ3n) is 12.7. The highest BCUT2D eigenvalue weighted by Gasteiger charge is 2.70. The largest absolute Gasteiger partial charge is 0.389 e. The lowest BCUT2D eigenvalue weighted by atomic mass is 9.51. The number of fused-ring (bicyclic) bond motifs is 4. The molecular formula is C26H44O. The number of hydrogen-bond acceptors (Lipinski definition) is 1. The zero-order valence-electron chi connectivity index (χ0n) is 18.9. The second-order valence-electron chi connectivity index (χ2n) is 13.2. The Labute approximate surface area is 168 Å². The summed E-state index contributed by atoms with van der Waals surface area (Å²) in [5.74, 6) is 3.58. The van der Waals surface area contributed by atoms with Crippen LogP contribution < -0.4 is 0 Å². The molecule has 0 radical (unpaired) electrons. The fraction of sp³-hybridized carbons (Fsp3) is 1.00. The van der Waals surface area contributed by atoms with E-state index in [1.54, 1.807) is 0 Å². The summed E-state index contributed by atoms with van der Waals surface area (Å²) in [6.45, 7) is 15.3. The lowest BCUT2D eigenvalue weighted by Crippen LogP contribution is -2.57. The van der Waals surface area contributed by atoms with E-state index in [9.17, 15) is 5.11 Å². The van der Waals surface area contributed by atoms with Crippen LogP contribution in [0.15, 0.2) is 0 Å². The quantitative estimate of drug-likeness (QED) is 0.563. The first-order valence-electron chi connectivity index (χ1n) is 12.2. The predicted molar refractivity (Wildman–Crippen MR) is 112 cm³/mol. The molecule has 1 nitrogen and oxygen atoms in total. The van der Waals surface area contributed by atoms with Gasteiger partial charge in [-0.1, -0.05) is 54.4 Å². The number of aliphatic hydroxyl groups is 1. The molecule has 0 aromatic heterocycles. The van der Waals surface area contributed by atoms with Crippen molar-refractivity contribution in [1.82, 2.24) is 0 Å². The molecule has 8 atom stereocenters. The van der Waals surface area contributed by atoms with Gasteiger partial charge in [0.25, 0.3) is 0 Å². The highest BCUT2D eigenvalue weighted by atomic mass is 16.3. The summed E-state index contributed by atoms with van der Waals surface area (Å²) in [4.78, 5) is 0. The molecule has 1 heteroatoms. The maximum Gasteiger partial charge on any atom is 0.0712 e. The zero-order valence-corrected chi connectivity index (χ0v) is 18.9. The molecule has 154 valence electrons. The smallest absolute Gasteiger partial charge is 0.0712 e. The van der Waals surface area contributed by atoms with Crippen LogP contribution in [0.5, 0.6) is 0 Å². The maximum absolute atomic E-state index is 12.5. The predicted octanol–water partition coefficient (Wildman–Crippen LogP) is 6.83. The monoisotopic (exact) mass is 372 g/mol. The van der Waals surface area contributed by atoms with Crippen LogP contribution in [-0.4, -0.2) is 10.7 Å². The SMILES string of the molecule is CC1(C)C2CCC1(C)C(C1CCCCC1(O)C1CC3CCC1(C)C3(C)C)C2. The van der Waals surface area contributed by atoms with Gasteiger partial charge >= 0.3 is 0 Å². The van der Waals surface area contributed by atoms with Crippen molar-refractivity contribution in [2.45, 2.75) is 111 Å². The third kappa shape index (κ3) is 2.02. The molecule has 5 rings (SSSR count). The molecule has 0 spiro atoms. The van der Waals surface area contributed by atoms with Crippen LogP contribution in [0, 0.1) is 51.2 Å². The normalized spacial score (nSPS) is 58.1. The van der Waals surface area contributed by atoms with Crippen molar-refractivity contribution in [2.75, 3.05) is 0 Å². The molecule has 0 saturated heterocycles. The third-order valence-corrected chi connectivity index (χ3v) is 12.7. The van der Waals surface area contributed by atoms with E-state index in [-0.39, 0.29) is 0 Å². The highest BCUT2D eigenvalue weighted by molar-refractivity contribution is 5.19. The average Bonchev–Trinajstić information content (AvgIpc) is 3.13. The molecule has 0 amide bonds. The summed E-state index contributed by atoms with van der Waals surface area (Å²) in [5, 5.41) is 12.5. The minimum Gasteiger partial charge on any atom is -0.389 e. The van der Waals surface area contributed by atoms with Crippen LogP contribution in [0.2, 0.25) is 0 Å². The van der Waals surface area contributed by atoms with E-state index in [1.165, 1.54) is 57.8 Å². The van der Waals surface area contributed by atoms with Crippen molar-refractivity contribution in [3.8, 4) is 0 Å². The van der Waals surface area contributed by atoms with Gasteiger partial charge in [0.05, 0.1) is 5.60 Å². The van der Waals surface area contributed by atoms with Crippen molar-refractivity contribution in [1.29, 1.82) is 0 Å². The minimum atomic E-state index is -0.395. The van der Waals surface area contributed by atoms with Gasteiger partial charge < -0.3 is 5.11 Å². The first kappa shape index (κ1) is 19.0. The Morgan fingerprint density at radius 2 is 1.22 bits per heavy atom. The van der Waals surface area contributed by atoms with Crippen molar-refractivity contribution in [2.24, 2.45) is 51.2 Å². The summed E-state index contributed by atoms with van der Waals surface area (Å²) < 4.78 is 0. The van der Waals surface area contributed by atoms with Gasteiger partial charge in [0, 0.05) is 0 Å². The Bertz CT molecular complexity index is 634. The maximum atomic E-state index is 12.5. The Balaban J connectivity index is 1.52. The summed E-state index contributed by atoms with van der Waals surface area (Å²) in [6, 6.07) is 0. The van der Waals surface area contributed by atoms with Crippen molar-refractivity contribution < 1.29 is 5.11 Å². The van der Waals surface area contributed by atoms with Crippen molar-refractivity contribution in [3.63, 3.8) is 0 Å². The fourth-order valence-corrected chi connectivity index (χ4v) is 10.0. The lowest BCUT2D eigenvalue weighted by molar-refractivity contribution is -0.166. The minimum absolute atomic E-state index is 0.343. The van der Waals surface area contributed by atoms with Crippen LogP contribution in [0.4, 0.5) is 0 Å². The molecule has 1 N–H and O–H groups in total. The van der Waals surface area contributed by atoms with E-state index in [0.29, 0.717) is 33.5 Å². The zero-order chi connectivity index (χ0) is 19.5. The molecule has 5 aliphatic carbocycles. The van der Waals surface area contributed by atoms with Crippen LogP contribution in [-0.2, 0) is 0 Å². The van der Waals surface area contributed by atoms with Gasteiger partial charge in [-0.3, -0.25) is 0 Å². The first-order valence-corrected chi connectivity index (χ1v) is 12.2. The van der Waals surface area contributed by atoms with Crippen molar-refractivity contribution >= 4 is 0 Å². The van der Waals surface area contributed by atoms with Crippen LogP contribution in [0.1, 0.15) is 106 Å². The summed E-state index contributed by atoms with van der Waals surface area (Å²) >= 11 is 0. The van der Waals surface area contributed by atoms with Crippen molar-refractivity contribution in [3.05, 3.63) is 0 Å².